The molecule has 2 heteroatoms. The van der Waals surface area contributed by atoms with E-state index in [1.165, 1.54) is 25.7 Å². The molecule has 0 heterocycles. The molecule has 16 heavy (non-hydrogen) atoms. The van der Waals surface area contributed by atoms with Crippen LogP contribution in [0.4, 0.5) is 4.39 Å². The Balaban J connectivity index is 1.63. The monoisotopic (exact) mass is 222 g/mol. The Kier molecular flexibility index (Phi) is 1.85. The van der Waals surface area contributed by atoms with Gasteiger partial charge in [-0.1, -0.05) is 0 Å². The van der Waals surface area contributed by atoms with Crippen molar-refractivity contribution < 1.29 is 9.18 Å². The van der Waals surface area contributed by atoms with E-state index in [0.717, 1.165) is 36.0 Å². The Morgan fingerprint density at radius 3 is 2.50 bits per heavy atom. The van der Waals surface area contributed by atoms with Crippen molar-refractivity contribution in [1.82, 2.24) is 0 Å². The molecule has 7 unspecified atom stereocenters. The Morgan fingerprint density at radius 1 is 1.00 bits per heavy atom. The average Bonchev–Trinajstić information content (AvgIpc) is 3.03. The predicted molar refractivity (Wildman–Crippen MR) is 58.5 cm³/mol. The summed E-state index contributed by atoms with van der Waals surface area (Å²) in [6.07, 6.45) is 6.54. The van der Waals surface area contributed by atoms with Crippen LogP contribution < -0.4 is 0 Å². The van der Waals surface area contributed by atoms with Crippen molar-refractivity contribution in [1.29, 1.82) is 0 Å². The second kappa shape index (κ2) is 3.08. The number of carbonyl (C=O) groups is 1. The second-order valence-electron chi connectivity index (χ2n) is 6.59. The average molecular weight is 222 g/mol. The largest absolute Gasteiger partial charge is 0.296 e. The van der Waals surface area contributed by atoms with Gasteiger partial charge in [0.25, 0.3) is 0 Å². The van der Waals surface area contributed by atoms with Gasteiger partial charge < -0.3 is 0 Å². The van der Waals surface area contributed by atoms with E-state index in [1.807, 2.05) is 0 Å². The van der Waals surface area contributed by atoms with E-state index in [-0.39, 0.29) is 11.7 Å². The molecule has 0 N–H and O–H groups in total. The Bertz CT molecular complexity index is 340. The summed E-state index contributed by atoms with van der Waals surface area (Å²) in [5, 5.41) is 0. The molecule has 4 saturated carbocycles. The first-order valence-electron chi connectivity index (χ1n) is 6.88. The van der Waals surface area contributed by atoms with Crippen molar-refractivity contribution in [3.05, 3.63) is 0 Å². The van der Waals surface area contributed by atoms with Crippen molar-refractivity contribution >= 4 is 5.78 Å². The van der Waals surface area contributed by atoms with Crippen LogP contribution in [0.1, 0.15) is 32.1 Å². The minimum atomic E-state index is -0.723. The smallest absolute Gasteiger partial charge is 0.167 e. The van der Waals surface area contributed by atoms with Crippen molar-refractivity contribution in [3.63, 3.8) is 0 Å². The summed E-state index contributed by atoms with van der Waals surface area (Å²) in [7, 11) is 0. The van der Waals surface area contributed by atoms with Crippen LogP contribution in [0, 0.1) is 41.4 Å². The second-order valence-corrected chi connectivity index (χ2v) is 6.59. The molecule has 0 aliphatic heterocycles. The van der Waals surface area contributed by atoms with E-state index in [4.69, 9.17) is 0 Å². The third-order valence-electron chi connectivity index (χ3n) is 6.28. The molecule has 4 aliphatic carbocycles. The van der Waals surface area contributed by atoms with Gasteiger partial charge in [-0.05, 0) is 67.6 Å². The van der Waals surface area contributed by atoms with Crippen LogP contribution in [-0.4, -0.2) is 12.5 Å². The van der Waals surface area contributed by atoms with Crippen molar-refractivity contribution in [2.45, 2.75) is 32.1 Å². The molecule has 0 aromatic carbocycles. The maximum absolute atomic E-state index is 12.5. The lowest BCUT2D eigenvalue weighted by Gasteiger charge is -2.37. The number of halogens is 1. The van der Waals surface area contributed by atoms with Gasteiger partial charge in [-0.25, -0.2) is 4.39 Å². The van der Waals surface area contributed by atoms with Gasteiger partial charge in [0.15, 0.2) is 5.78 Å². The van der Waals surface area contributed by atoms with E-state index < -0.39 is 6.67 Å². The van der Waals surface area contributed by atoms with E-state index in [1.54, 1.807) is 0 Å². The van der Waals surface area contributed by atoms with Gasteiger partial charge in [0.1, 0.15) is 6.67 Å². The van der Waals surface area contributed by atoms with Gasteiger partial charge in [-0.15, -0.1) is 0 Å². The predicted octanol–water partition coefficient (Wildman–Crippen LogP) is 2.84. The van der Waals surface area contributed by atoms with Gasteiger partial charge >= 0.3 is 0 Å². The van der Waals surface area contributed by atoms with Gasteiger partial charge in [0, 0.05) is 5.92 Å². The van der Waals surface area contributed by atoms with E-state index in [9.17, 15) is 9.18 Å². The number of Topliss-reactive ketones (excluding diaryl/α,β-unsaturated/α-hetero) is 1. The fourth-order valence-corrected chi connectivity index (χ4v) is 6.03. The lowest BCUT2D eigenvalue weighted by atomic mass is 9.67. The molecule has 4 aliphatic rings. The third-order valence-corrected chi connectivity index (χ3v) is 6.28. The van der Waals surface area contributed by atoms with Crippen LogP contribution in [0.2, 0.25) is 0 Å². The zero-order valence-corrected chi connectivity index (χ0v) is 9.57. The van der Waals surface area contributed by atoms with Gasteiger partial charge in [0.2, 0.25) is 0 Å². The molecule has 1 nitrogen and oxygen atoms in total. The van der Waals surface area contributed by atoms with Gasteiger partial charge in [-0.2, -0.15) is 0 Å². The van der Waals surface area contributed by atoms with Crippen LogP contribution >= 0.6 is 0 Å². The zero-order chi connectivity index (χ0) is 10.9. The fraction of sp³-hybridized carbons (Fsp3) is 0.929. The first-order valence-corrected chi connectivity index (χ1v) is 6.88. The van der Waals surface area contributed by atoms with Crippen LogP contribution in [0.3, 0.4) is 0 Å². The van der Waals surface area contributed by atoms with E-state index in [0.29, 0.717) is 5.92 Å². The minimum absolute atomic E-state index is 0.0891. The summed E-state index contributed by atoms with van der Waals surface area (Å²) < 4.78 is 12.5. The molecular weight excluding hydrogens is 203 g/mol. The summed E-state index contributed by atoms with van der Waals surface area (Å²) in [6, 6.07) is 0. The zero-order valence-electron chi connectivity index (χ0n) is 9.57. The first kappa shape index (κ1) is 9.61. The number of fused-ring (bicyclic) bond motifs is 9. The highest BCUT2D eigenvalue weighted by atomic mass is 19.1. The lowest BCUT2D eigenvalue weighted by Crippen LogP contribution is -2.36. The molecule has 4 rings (SSSR count). The number of carbonyl (C=O) groups excluding carboxylic acids is 1. The molecule has 4 fully saturated rings. The van der Waals surface area contributed by atoms with Crippen LogP contribution in [-0.2, 0) is 4.79 Å². The third kappa shape index (κ3) is 0.994. The molecule has 0 aromatic heterocycles. The molecule has 0 saturated heterocycles. The number of hydrogen-bond acceptors (Lipinski definition) is 1. The first-order chi connectivity index (χ1) is 7.79. The SMILES string of the molecule is O=C(CF)C1CC2CC1C1C3CCC(C3)C21. The van der Waals surface area contributed by atoms with Gasteiger partial charge in [0.05, 0.1) is 0 Å². The Hall–Kier alpha value is -0.400. The Labute approximate surface area is 95.8 Å². The van der Waals surface area contributed by atoms with Crippen LogP contribution in [0.25, 0.3) is 0 Å². The number of rotatable bonds is 2. The molecule has 0 spiro atoms. The minimum Gasteiger partial charge on any atom is -0.296 e. The lowest BCUT2D eigenvalue weighted by molar-refractivity contribution is -0.126. The Morgan fingerprint density at radius 2 is 1.75 bits per heavy atom. The maximum Gasteiger partial charge on any atom is 0.167 e. The fourth-order valence-electron chi connectivity index (χ4n) is 6.03. The molecule has 88 valence electrons. The number of alkyl halides is 1. The quantitative estimate of drug-likeness (QED) is 0.657. The normalized spacial score (nSPS) is 56.9. The standard InChI is InChI=1S/C14H19FO/c15-6-12(16)10-4-9-5-11(10)14-8-2-1-7(3-8)13(9)14/h7-11,13-14H,1-6H2. The molecule has 0 aromatic rings. The summed E-state index contributed by atoms with van der Waals surface area (Å²) in [5.74, 6) is 5.01. The maximum atomic E-state index is 12.5. The highest BCUT2D eigenvalue weighted by molar-refractivity contribution is 5.83. The number of ketones is 1. The molecule has 0 radical (unpaired) electrons. The molecule has 7 atom stereocenters. The van der Waals surface area contributed by atoms with Crippen LogP contribution in [0.5, 0.6) is 0 Å². The number of hydrogen-bond donors (Lipinski definition) is 0. The van der Waals surface area contributed by atoms with Crippen molar-refractivity contribution in [2.75, 3.05) is 6.67 Å². The van der Waals surface area contributed by atoms with Crippen LogP contribution in [0.15, 0.2) is 0 Å². The molecule has 0 amide bonds. The van der Waals surface area contributed by atoms with Gasteiger partial charge in [-0.3, -0.25) is 4.79 Å². The van der Waals surface area contributed by atoms with Crippen molar-refractivity contribution in [2.24, 2.45) is 41.4 Å². The van der Waals surface area contributed by atoms with E-state index >= 15 is 0 Å². The summed E-state index contributed by atoms with van der Waals surface area (Å²) in [5.41, 5.74) is 0. The molecule has 4 bridgehead atoms. The molecular formula is C14H19FO. The van der Waals surface area contributed by atoms with Crippen molar-refractivity contribution in [3.8, 4) is 0 Å². The topological polar surface area (TPSA) is 17.1 Å². The summed E-state index contributed by atoms with van der Waals surface area (Å²) in [6.45, 7) is -0.723. The summed E-state index contributed by atoms with van der Waals surface area (Å²) >= 11 is 0. The van der Waals surface area contributed by atoms with E-state index in [2.05, 4.69) is 0 Å². The summed E-state index contributed by atoms with van der Waals surface area (Å²) in [4.78, 5) is 11.6. The highest BCUT2D eigenvalue weighted by Gasteiger charge is 2.63. The highest BCUT2D eigenvalue weighted by Crippen LogP contribution is 2.68.